The van der Waals surface area contributed by atoms with E-state index >= 15 is 0 Å². The molecule has 16 heavy (non-hydrogen) atoms. The Morgan fingerprint density at radius 3 is 2.62 bits per heavy atom. The number of pyridine rings is 1. The molecule has 0 fully saturated rings. The van der Waals surface area contributed by atoms with Crippen LogP contribution in [0.15, 0.2) is 24.3 Å². The van der Waals surface area contributed by atoms with Crippen LogP contribution in [0.25, 0.3) is 10.9 Å². The Morgan fingerprint density at radius 1 is 1.12 bits per heavy atom. The SMILES string of the molecule is NCCCc1ccc2cc(Cl)c(Cl)cc2n1. The molecule has 0 aliphatic rings. The molecule has 1 aromatic carbocycles. The maximum Gasteiger partial charge on any atom is 0.0721 e. The fourth-order valence-corrected chi connectivity index (χ4v) is 1.91. The van der Waals surface area contributed by atoms with Gasteiger partial charge < -0.3 is 5.73 Å². The molecule has 0 bridgehead atoms. The summed E-state index contributed by atoms with van der Waals surface area (Å²) in [6, 6.07) is 7.64. The molecule has 0 aliphatic heterocycles. The molecule has 0 atom stereocenters. The van der Waals surface area contributed by atoms with Gasteiger partial charge in [0.2, 0.25) is 0 Å². The van der Waals surface area contributed by atoms with Gasteiger partial charge in [0.25, 0.3) is 0 Å². The van der Waals surface area contributed by atoms with Crippen molar-refractivity contribution in [3.05, 3.63) is 40.0 Å². The van der Waals surface area contributed by atoms with E-state index in [9.17, 15) is 0 Å². The van der Waals surface area contributed by atoms with E-state index in [1.165, 1.54) is 0 Å². The van der Waals surface area contributed by atoms with Crippen LogP contribution in [0.1, 0.15) is 12.1 Å². The number of aryl methyl sites for hydroxylation is 1. The van der Waals surface area contributed by atoms with Gasteiger partial charge in [0, 0.05) is 11.1 Å². The lowest BCUT2D eigenvalue weighted by molar-refractivity contribution is 0.814. The summed E-state index contributed by atoms with van der Waals surface area (Å²) in [5, 5.41) is 2.11. The first kappa shape index (κ1) is 11.6. The summed E-state index contributed by atoms with van der Waals surface area (Å²) in [5.74, 6) is 0. The highest BCUT2D eigenvalue weighted by Gasteiger charge is 2.03. The van der Waals surface area contributed by atoms with Gasteiger partial charge in [-0.3, -0.25) is 4.98 Å². The van der Waals surface area contributed by atoms with Gasteiger partial charge in [0.15, 0.2) is 0 Å². The quantitative estimate of drug-likeness (QED) is 0.912. The van der Waals surface area contributed by atoms with Crippen molar-refractivity contribution in [1.29, 1.82) is 0 Å². The summed E-state index contributed by atoms with van der Waals surface area (Å²) in [6.07, 6.45) is 1.84. The van der Waals surface area contributed by atoms with Crippen molar-refractivity contribution < 1.29 is 0 Å². The van der Waals surface area contributed by atoms with Crippen LogP contribution in [0.3, 0.4) is 0 Å². The van der Waals surface area contributed by atoms with Crippen LogP contribution in [-0.4, -0.2) is 11.5 Å². The molecule has 0 radical (unpaired) electrons. The highest BCUT2D eigenvalue weighted by atomic mass is 35.5. The normalized spacial score (nSPS) is 10.9. The fourth-order valence-electron chi connectivity index (χ4n) is 1.58. The van der Waals surface area contributed by atoms with E-state index in [0.717, 1.165) is 29.4 Å². The first-order valence-corrected chi connectivity index (χ1v) is 5.91. The van der Waals surface area contributed by atoms with Gasteiger partial charge in [0.1, 0.15) is 0 Å². The minimum atomic E-state index is 0.539. The van der Waals surface area contributed by atoms with E-state index < -0.39 is 0 Å². The molecule has 0 spiro atoms. The molecule has 2 nitrogen and oxygen atoms in total. The fraction of sp³-hybridized carbons (Fsp3) is 0.250. The van der Waals surface area contributed by atoms with Crippen molar-refractivity contribution in [2.45, 2.75) is 12.8 Å². The second-order valence-corrected chi connectivity index (χ2v) is 4.47. The average Bonchev–Trinajstić information content (AvgIpc) is 2.28. The summed E-state index contributed by atoms with van der Waals surface area (Å²) in [6.45, 7) is 0.682. The Morgan fingerprint density at radius 2 is 1.88 bits per heavy atom. The maximum absolute atomic E-state index is 5.95. The van der Waals surface area contributed by atoms with Crippen LogP contribution >= 0.6 is 23.2 Å². The molecule has 0 unspecified atom stereocenters. The third-order valence-corrected chi connectivity index (χ3v) is 3.15. The average molecular weight is 255 g/mol. The molecule has 2 N–H and O–H groups in total. The number of fused-ring (bicyclic) bond motifs is 1. The number of hydrogen-bond acceptors (Lipinski definition) is 2. The van der Waals surface area contributed by atoms with E-state index in [0.29, 0.717) is 16.6 Å². The largest absolute Gasteiger partial charge is 0.330 e. The van der Waals surface area contributed by atoms with E-state index in [2.05, 4.69) is 4.98 Å². The maximum atomic E-state index is 5.95. The van der Waals surface area contributed by atoms with Crippen molar-refractivity contribution in [1.82, 2.24) is 4.98 Å². The van der Waals surface area contributed by atoms with Crippen molar-refractivity contribution in [3.63, 3.8) is 0 Å². The predicted molar refractivity (Wildman–Crippen MR) is 69.1 cm³/mol. The summed E-state index contributed by atoms with van der Waals surface area (Å²) < 4.78 is 0. The molecular formula is C12H12Cl2N2. The number of benzene rings is 1. The molecule has 4 heteroatoms. The van der Waals surface area contributed by atoms with Gasteiger partial charge in [-0.2, -0.15) is 0 Å². The highest BCUT2D eigenvalue weighted by molar-refractivity contribution is 6.42. The molecule has 1 aromatic heterocycles. The molecule has 0 aliphatic carbocycles. The van der Waals surface area contributed by atoms with Crippen LogP contribution in [0.2, 0.25) is 10.0 Å². The second kappa shape index (κ2) is 5.00. The van der Waals surface area contributed by atoms with Crippen molar-refractivity contribution >= 4 is 34.1 Å². The van der Waals surface area contributed by atoms with E-state index in [1.807, 2.05) is 18.2 Å². The lowest BCUT2D eigenvalue weighted by Gasteiger charge is -2.04. The minimum absolute atomic E-state index is 0.539. The Kier molecular flexibility index (Phi) is 3.64. The van der Waals surface area contributed by atoms with Crippen LogP contribution in [-0.2, 0) is 6.42 Å². The third kappa shape index (κ3) is 2.46. The summed E-state index contributed by atoms with van der Waals surface area (Å²) in [4.78, 5) is 4.52. The molecule has 0 saturated carbocycles. The van der Waals surface area contributed by atoms with Gasteiger partial charge in [-0.25, -0.2) is 0 Å². The van der Waals surface area contributed by atoms with Crippen molar-refractivity contribution in [2.24, 2.45) is 5.73 Å². The smallest absolute Gasteiger partial charge is 0.0721 e. The number of hydrogen-bond donors (Lipinski definition) is 1. The zero-order chi connectivity index (χ0) is 11.5. The first-order valence-electron chi connectivity index (χ1n) is 5.15. The Labute approximate surface area is 104 Å². The number of nitrogens with zero attached hydrogens (tertiary/aromatic N) is 1. The van der Waals surface area contributed by atoms with Crippen LogP contribution in [0.4, 0.5) is 0 Å². The lowest BCUT2D eigenvalue weighted by atomic mass is 10.1. The molecule has 2 rings (SSSR count). The van der Waals surface area contributed by atoms with Gasteiger partial charge in [-0.1, -0.05) is 29.3 Å². The number of nitrogens with two attached hydrogens (primary N) is 1. The molecule has 0 saturated heterocycles. The van der Waals surface area contributed by atoms with E-state index in [1.54, 1.807) is 6.07 Å². The third-order valence-electron chi connectivity index (χ3n) is 2.43. The van der Waals surface area contributed by atoms with Gasteiger partial charge in [-0.15, -0.1) is 0 Å². The van der Waals surface area contributed by atoms with E-state index in [4.69, 9.17) is 28.9 Å². The highest BCUT2D eigenvalue weighted by Crippen LogP contribution is 2.27. The molecule has 0 amide bonds. The standard InChI is InChI=1S/C12H12Cl2N2/c13-10-6-8-3-4-9(2-1-5-15)16-12(8)7-11(10)14/h3-4,6-7H,1-2,5,15H2. The molecular weight excluding hydrogens is 243 g/mol. The van der Waals surface area contributed by atoms with Crippen LogP contribution < -0.4 is 5.73 Å². The van der Waals surface area contributed by atoms with Crippen LogP contribution in [0, 0.1) is 0 Å². The van der Waals surface area contributed by atoms with Gasteiger partial charge in [0.05, 0.1) is 15.6 Å². The summed E-state index contributed by atoms with van der Waals surface area (Å²) >= 11 is 11.9. The van der Waals surface area contributed by atoms with Crippen molar-refractivity contribution in [2.75, 3.05) is 6.54 Å². The number of halogens is 2. The predicted octanol–water partition coefficient (Wildman–Crippen LogP) is 3.43. The first-order chi connectivity index (χ1) is 7.70. The molecule has 84 valence electrons. The van der Waals surface area contributed by atoms with E-state index in [-0.39, 0.29) is 0 Å². The van der Waals surface area contributed by atoms with Crippen molar-refractivity contribution in [3.8, 4) is 0 Å². The molecule has 2 aromatic rings. The monoisotopic (exact) mass is 254 g/mol. The zero-order valence-electron chi connectivity index (χ0n) is 8.71. The van der Waals surface area contributed by atoms with Gasteiger partial charge in [-0.05, 0) is 37.6 Å². The lowest BCUT2D eigenvalue weighted by Crippen LogP contribution is -2.01. The van der Waals surface area contributed by atoms with Crippen LogP contribution in [0.5, 0.6) is 0 Å². The Balaban J connectivity index is 2.41. The second-order valence-electron chi connectivity index (χ2n) is 3.65. The summed E-state index contributed by atoms with van der Waals surface area (Å²) in [5.41, 5.74) is 7.38. The zero-order valence-corrected chi connectivity index (χ0v) is 10.2. The Hall–Kier alpha value is -0.830. The Bertz CT molecular complexity index is 512. The summed E-state index contributed by atoms with van der Waals surface area (Å²) in [7, 11) is 0. The number of rotatable bonds is 3. The molecule has 1 heterocycles. The number of aromatic nitrogens is 1. The topological polar surface area (TPSA) is 38.9 Å². The van der Waals surface area contributed by atoms with Gasteiger partial charge >= 0.3 is 0 Å². The minimum Gasteiger partial charge on any atom is -0.330 e.